The van der Waals surface area contributed by atoms with Gasteiger partial charge in [0.15, 0.2) is 0 Å². The molecule has 3 nitrogen and oxygen atoms in total. The van der Waals surface area contributed by atoms with Crippen molar-refractivity contribution in [3.63, 3.8) is 0 Å². The predicted octanol–water partition coefficient (Wildman–Crippen LogP) is 4.31. The fourth-order valence-electron chi connectivity index (χ4n) is 1.77. The first-order chi connectivity index (χ1) is 8.77. The number of hydrogen-bond donors (Lipinski definition) is 1. The molecule has 2 rings (SSSR count). The molecule has 0 amide bonds. The highest BCUT2D eigenvalue weighted by atomic mass is 35.5. The SMILES string of the molecule is Cl.Clc1cccc(Cl)c1/C=N/NC1=NCCCCC1. The summed E-state index contributed by atoms with van der Waals surface area (Å²) in [6.07, 6.45) is 6.14. The molecular formula is C13H16Cl3N3. The third-order valence-electron chi connectivity index (χ3n) is 2.76. The number of nitrogens with one attached hydrogen (secondary N) is 1. The molecule has 0 saturated carbocycles. The normalized spacial score (nSPS) is 15.6. The Labute approximate surface area is 129 Å². The van der Waals surface area contributed by atoms with Crippen molar-refractivity contribution >= 4 is 47.7 Å². The highest BCUT2D eigenvalue weighted by Gasteiger charge is 2.04. The van der Waals surface area contributed by atoms with Gasteiger partial charge in [0, 0.05) is 18.5 Å². The molecule has 104 valence electrons. The molecule has 1 aromatic rings. The van der Waals surface area contributed by atoms with E-state index in [0.717, 1.165) is 37.2 Å². The van der Waals surface area contributed by atoms with Crippen molar-refractivity contribution in [3.8, 4) is 0 Å². The number of hydrazone groups is 1. The van der Waals surface area contributed by atoms with E-state index in [0.29, 0.717) is 10.0 Å². The number of nitrogens with zero attached hydrogens (tertiary/aromatic N) is 2. The lowest BCUT2D eigenvalue weighted by molar-refractivity contribution is 0.729. The Kier molecular flexibility index (Phi) is 7.21. The Morgan fingerprint density at radius 2 is 1.89 bits per heavy atom. The second-order valence-corrected chi connectivity index (χ2v) is 4.96. The molecular weight excluding hydrogens is 305 g/mol. The van der Waals surface area contributed by atoms with E-state index in [4.69, 9.17) is 23.2 Å². The highest BCUT2D eigenvalue weighted by molar-refractivity contribution is 6.38. The first kappa shape index (κ1) is 16.3. The zero-order valence-corrected chi connectivity index (χ0v) is 12.7. The van der Waals surface area contributed by atoms with E-state index in [1.807, 2.05) is 6.07 Å². The van der Waals surface area contributed by atoms with Crippen LogP contribution in [0.2, 0.25) is 10.0 Å². The van der Waals surface area contributed by atoms with Crippen LogP contribution in [0.25, 0.3) is 0 Å². The highest BCUT2D eigenvalue weighted by Crippen LogP contribution is 2.22. The van der Waals surface area contributed by atoms with Crippen LogP contribution in [0.5, 0.6) is 0 Å². The lowest BCUT2D eigenvalue weighted by atomic mass is 10.2. The van der Waals surface area contributed by atoms with Crippen molar-refractivity contribution in [2.24, 2.45) is 10.1 Å². The minimum absolute atomic E-state index is 0. The molecule has 0 radical (unpaired) electrons. The van der Waals surface area contributed by atoms with Crippen molar-refractivity contribution in [2.75, 3.05) is 6.54 Å². The zero-order chi connectivity index (χ0) is 12.8. The Balaban J connectivity index is 0.00000180. The summed E-state index contributed by atoms with van der Waals surface area (Å²) >= 11 is 12.1. The number of amidine groups is 1. The van der Waals surface area contributed by atoms with Crippen LogP contribution >= 0.6 is 35.6 Å². The average molecular weight is 321 g/mol. The summed E-state index contributed by atoms with van der Waals surface area (Å²) in [5.41, 5.74) is 3.69. The van der Waals surface area contributed by atoms with Gasteiger partial charge in [0.1, 0.15) is 5.84 Å². The molecule has 0 saturated heterocycles. The number of rotatable bonds is 2. The van der Waals surface area contributed by atoms with Gasteiger partial charge in [-0.15, -0.1) is 12.4 Å². The van der Waals surface area contributed by atoms with E-state index in [1.54, 1.807) is 18.3 Å². The fourth-order valence-corrected chi connectivity index (χ4v) is 2.27. The molecule has 0 aliphatic carbocycles. The third-order valence-corrected chi connectivity index (χ3v) is 3.42. The first-order valence-electron chi connectivity index (χ1n) is 6.04. The largest absolute Gasteiger partial charge is 0.271 e. The van der Waals surface area contributed by atoms with Crippen LogP contribution in [0.3, 0.4) is 0 Å². The van der Waals surface area contributed by atoms with Gasteiger partial charge in [0.2, 0.25) is 0 Å². The van der Waals surface area contributed by atoms with E-state index in [9.17, 15) is 0 Å². The van der Waals surface area contributed by atoms with Crippen molar-refractivity contribution < 1.29 is 0 Å². The van der Waals surface area contributed by atoms with E-state index in [2.05, 4.69) is 15.5 Å². The van der Waals surface area contributed by atoms with Gasteiger partial charge in [-0.1, -0.05) is 35.7 Å². The maximum absolute atomic E-state index is 6.04. The summed E-state index contributed by atoms with van der Waals surface area (Å²) in [7, 11) is 0. The Morgan fingerprint density at radius 1 is 1.16 bits per heavy atom. The van der Waals surface area contributed by atoms with Gasteiger partial charge in [0.25, 0.3) is 0 Å². The minimum Gasteiger partial charge on any atom is -0.271 e. The van der Waals surface area contributed by atoms with Gasteiger partial charge in [-0.2, -0.15) is 5.10 Å². The second kappa shape index (κ2) is 8.41. The quantitative estimate of drug-likeness (QED) is 0.640. The number of halogens is 3. The summed E-state index contributed by atoms with van der Waals surface area (Å²) in [4.78, 5) is 4.43. The molecule has 19 heavy (non-hydrogen) atoms. The van der Waals surface area contributed by atoms with E-state index < -0.39 is 0 Å². The van der Waals surface area contributed by atoms with Gasteiger partial charge >= 0.3 is 0 Å². The molecule has 0 bridgehead atoms. The molecule has 6 heteroatoms. The number of aliphatic imine (C=N–C) groups is 1. The minimum atomic E-state index is 0. The molecule has 0 unspecified atom stereocenters. The third kappa shape index (κ3) is 5.01. The number of benzene rings is 1. The van der Waals surface area contributed by atoms with Crippen LogP contribution in [0.4, 0.5) is 0 Å². The summed E-state index contributed by atoms with van der Waals surface area (Å²) in [5, 5.41) is 5.34. The topological polar surface area (TPSA) is 36.8 Å². The molecule has 1 heterocycles. The standard InChI is InChI=1S/C13H15Cl2N3.ClH/c14-11-5-4-6-12(15)10(11)9-17-18-13-7-2-1-3-8-16-13;/h4-6,9H,1-3,7-8H2,(H,16,18);1H/b17-9+;. The molecule has 1 aliphatic heterocycles. The van der Waals surface area contributed by atoms with Gasteiger partial charge in [-0.25, -0.2) is 0 Å². The molecule has 1 aliphatic rings. The Morgan fingerprint density at radius 3 is 2.63 bits per heavy atom. The average Bonchev–Trinajstić information content (AvgIpc) is 2.61. The molecule has 0 fully saturated rings. The smallest absolute Gasteiger partial charge is 0.117 e. The fraction of sp³-hybridized carbons (Fsp3) is 0.385. The predicted molar refractivity (Wildman–Crippen MR) is 85.2 cm³/mol. The number of hydrogen-bond acceptors (Lipinski definition) is 3. The van der Waals surface area contributed by atoms with Gasteiger partial charge in [-0.05, 0) is 25.0 Å². The van der Waals surface area contributed by atoms with E-state index in [1.165, 1.54) is 6.42 Å². The van der Waals surface area contributed by atoms with Crippen molar-refractivity contribution in [1.29, 1.82) is 0 Å². The van der Waals surface area contributed by atoms with Gasteiger partial charge in [-0.3, -0.25) is 10.4 Å². The summed E-state index contributed by atoms with van der Waals surface area (Å²) in [6.45, 7) is 0.880. The van der Waals surface area contributed by atoms with Crippen LogP contribution in [-0.4, -0.2) is 18.6 Å². The molecule has 0 atom stereocenters. The second-order valence-electron chi connectivity index (χ2n) is 4.14. The zero-order valence-electron chi connectivity index (χ0n) is 10.4. The maximum Gasteiger partial charge on any atom is 0.117 e. The van der Waals surface area contributed by atoms with Gasteiger partial charge in [0.05, 0.1) is 16.3 Å². The molecule has 0 aromatic heterocycles. The van der Waals surface area contributed by atoms with Crippen LogP contribution in [0.1, 0.15) is 31.2 Å². The summed E-state index contributed by atoms with van der Waals surface area (Å²) in [5.74, 6) is 0.937. The van der Waals surface area contributed by atoms with Crippen LogP contribution in [0, 0.1) is 0 Å². The lowest BCUT2D eigenvalue weighted by Gasteiger charge is -2.03. The van der Waals surface area contributed by atoms with Gasteiger partial charge < -0.3 is 0 Å². The monoisotopic (exact) mass is 319 g/mol. The molecule has 1 aromatic carbocycles. The summed E-state index contributed by atoms with van der Waals surface area (Å²) in [6, 6.07) is 5.39. The van der Waals surface area contributed by atoms with Crippen LogP contribution in [0.15, 0.2) is 28.3 Å². The Hall–Kier alpha value is -0.770. The lowest BCUT2D eigenvalue weighted by Crippen LogP contribution is -2.17. The van der Waals surface area contributed by atoms with Crippen LogP contribution in [-0.2, 0) is 0 Å². The van der Waals surface area contributed by atoms with Crippen molar-refractivity contribution in [3.05, 3.63) is 33.8 Å². The van der Waals surface area contributed by atoms with Crippen molar-refractivity contribution in [2.45, 2.75) is 25.7 Å². The molecule has 0 spiro atoms. The van der Waals surface area contributed by atoms with Crippen LogP contribution < -0.4 is 5.43 Å². The summed E-state index contributed by atoms with van der Waals surface area (Å²) < 4.78 is 0. The first-order valence-corrected chi connectivity index (χ1v) is 6.79. The Bertz CT molecular complexity index is 452. The molecule has 1 N–H and O–H groups in total. The van der Waals surface area contributed by atoms with E-state index in [-0.39, 0.29) is 12.4 Å². The van der Waals surface area contributed by atoms with Crippen molar-refractivity contribution in [1.82, 2.24) is 5.43 Å². The van der Waals surface area contributed by atoms with E-state index >= 15 is 0 Å². The maximum atomic E-state index is 6.04.